The number of carbonyl (C=O) groups excluding carboxylic acids is 1. The Morgan fingerprint density at radius 1 is 1.42 bits per heavy atom. The monoisotopic (exact) mass is 348 g/mol. The molecule has 0 radical (unpaired) electrons. The van der Waals surface area contributed by atoms with Gasteiger partial charge in [0.2, 0.25) is 5.91 Å². The molecular weight excluding hydrogens is 324 g/mol. The van der Waals surface area contributed by atoms with E-state index in [0.717, 1.165) is 24.0 Å². The van der Waals surface area contributed by atoms with Crippen molar-refractivity contribution in [2.24, 2.45) is 11.8 Å². The number of hydrogen-bond donors (Lipinski definition) is 0. The molecule has 3 heterocycles. The van der Waals surface area contributed by atoms with Gasteiger partial charge in [0.15, 0.2) is 5.16 Å². The Bertz CT molecular complexity index is 660. The summed E-state index contributed by atoms with van der Waals surface area (Å²) in [5, 5.41) is 8.70. The lowest BCUT2D eigenvalue weighted by Crippen LogP contribution is -2.45. The van der Waals surface area contributed by atoms with E-state index in [9.17, 15) is 4.79 Å². The first kappa shape index (κ1) is 17.1. The first-order chi connectivity index (χ1) is 11.5. The van der Waals surface area contributed by atoms with Crippen LogP contribution in [-0.2, 0) is 11.3 Å². The number of carbonyl (C=O) groups is 1. The molecule has 6 nitrogen and oxygen atoms in total. The van der Waals surface area contributed by atoms with Gasteiger partial charge in [-0.1, -0.05) is 25.6 Å². The van der Waals surface area contributed by atoms with E-state index in [1.54, 1.807) is 12.6 Å². The van der Waals surface area contributed by atoms with Gasteiger partial charge in [-0.3, -0.25) is 4.79 Å². The summed E-state index contributed by atoms with van der Waals surface area (Å²) in [7, 11) is 0. The number of amides is 1. The van der Waals surface area contributed by atoms with E-state index >= 15 is 0 Å². The average Bonchev–Trinajstić information content (AvgIpc) is 3.18. The molecule has 3 atom stereocenters. The third-order valence-corrected chi connectivity index (χ3v) is 5.38. The molecule has 2 aromatic heterocycles. The molecule has 7 heteroatoms. The Morgan fingerprint density at radius 2 is 2.17 bits per heavy atom. The zero-order chi connectivity index (χ0) is 17.1. The largest absolute Gasteiger partial charge is 0.467 e. The number of hydrogen-bond acceptors (Lipinski definition) is 5. The van der Waals surface area contributed by atoms with Crippen molar-refractivity contribution in [3.05, 3.63) is 30.5 Å². The quantitative estimate of drug-likeness (QED) is 0.778. The van der Waals surface area contributed by atoms with Crippen LogP contribution in [0.15, 0.2) is 34.3 Å². The van der Waals surface area contributed by atoms with Gasteiger partial charge in [0.05, 0.1) is 18.1 Å². The number of furan rings is 1. The summed E-state index contributed by atoms with van der Waals surface area (Å²) in [5.74, 6) is 2.16. The third kappa shape index (κ3) is 4.01. The number of aromatic nitrogens is 3. The Hall–Kier alpha value is -1.76. The van der Waals surface area contributed by atoms with Crippen LogP contribution < -0.4 is 0 Å². The summed E-state index contributed by atoms with van der Waals surface area (Å²) in [4.78, 5) is 14.8. The van der Waals surface area contributed by atoms with E-state index in [0.29, 0.717) is 18.4 Å². The topological polar surface area (TPSA) is 64.2 Å². The lowest BCUT2D eigenvalue weighted by atomic mass is 9.92. The second kappa shape index (κ2) is 7.42. The zero-order valence-electron chi connectivity index (χ0n) is 14.4. The van der Waals surface area contributed by atoms with Gasteiger partial charge in [-0.2, -0.15) is 0 Å². The third-order valence-electron chi connectivity index (χ3n) is 4.30. The van der Waals surface area contributed by atoms with Gasteiger partial charge in [0, 0.05) is 13.1 Å². The fraction of sp³-hybridized carbons (Fsp3) is 0.588. The molecule has 0 aliphatic carbocycles. The van der Waals surface area contributed by atoms with Crippen molar-refractivity contribution in [2.75, 3.05) is 13.1 Å². The smallest absolute Gasteiger partial charge is 0.235 e. The lowest BCUT2D eigenvalue weighted by Gasteiger charge is -2.36. The molecule has 0 spiro atoms. The molecule has 0 N–H and O–H groups in total. The van der Waals surface area contributed by atoms with E-state index in [4.69, 9.17) is 4.42 Å². The van der Waals surface area contributed by atoms with Crippen molar-refractivity contribution in [1.82, 2.24) is 19.7 Å². The van der Waals surface area contributed by atoms with Crippen molar-refractivity contribution in [1.29, 1.82) is 0 Å². The summed E-state index contributed by atoms with van der Waals surface area (Å²) < 4.78 is 7.28. The molecule has 1 saturated heterocycles. The van der Waals surface area contributed by atoms with Crippen molar-refractivity contribution in [3.8, 4) is 0 Å². The van der Waals surface area contributed by atoms with E-state index in [2.05, 4.69) is 24.0 Å². The zero-order valence-corrected chi connectivity index (χ0v) is 15.2. The van der Waals surface area contributed by atoms with Crippen LogP contribution in [0.25, 0.3) is 0 Å². The average molecular weight is 348 g/mol. The Balaban J connectivity index is 1.63. The van der Waals surface area contributed by atoms with Crippen LogP contribution in [0, 0.1) is 11.8 Å². The van der Waals surface area contributed by atoms with Crippen molar-refractivity contribution in [2.45, 2.75) is 44.1 Å². The molecule has 3 rings (SSSR count). The second-order valence-electron chi connectivity index (χ2n) is 6.77. The lowest BCUT2D eigenvalue weighted by molar-refractivity contribution is -0.132. The molecule has 0 unspecified atom stereocenters. The van der Waals surface area contributed by atoms with E-state index in [1.807, 2.05) is 28.5 Å². The van der Waals surface area contributed by atoms with Crippen LogP contribution in [0.3, 0.4) is 0 Å². The van der Waals surface area contributed by atoms with Crippen LogP contribution in [-0.4, -0.2) is 43.9 Å². The van der Waals surface area contributed by atoms with E-state index in [1.165, 1.54) is 18.2 Å². The highest BCUT2D eigenvalue weighted by atomic mass is 32.2. The highest BCUT2D eigenvalue weighted by Crippen LogP contribution is 2.27. The Labute approximate surface area is 146 Å². The van der Waals surface area contributed by atoms with Crippen LogP contribution >= 0.6 is 11.8 Å². The number of nitrogens with zero attached hydrogens (tertiary/aromatic N) is 4. The number of piperidine rings is 1. The predicted molar refractivity (Wildman–Crippen MR) is 92.7 cm³/mol. The maximum atomic E-state index is 12.8. The highest BCUT2D eigenvalue weighted by molar-refractivity contribution is 8.00. The molecule has 1 fully saturated rings. The summed E-state index contributed by atoms with van der Waals surface area (Å²) in [6.45, 7) is 8.66. The molecule has 24 heavy (non-hydrogen) atoms. The van der Waals surface area contributed by atoms with E-state index < -0.39 is 0 Å². The Morgan fingerprint density at radius 3 is 2.83 bits per heavy atom. The minimum atomic E-state index is -0.179. The summed E-state index contributed by atoms with van der Waals surface area (Å²) in [6.07, 6.45) is 4.52. The fourth-order valence-corrected chi connectivity index (χ4v) is 4.23. The van der Waals surface area contributed by atoms with Gasteiger partial charge < -0.3 is 13.9 Å². The molecular formula is C17H24N4O2S. The van der Waals surface area contributed by atoms with Crippen LogP contribution in [0.1, 0.15) is 33.0 Å². The molecule has 2 aromatic rings. The normalized spacial score (nSPS) is 22.5. The van der Waals surface area contributed by atoms with E-state index in [-0.39, 0.29) is 11.2 Å². The summed E-state index contributed by atoms with van der Waals surface area (Å²) in [6, 6.07) is 3.77. The minimum absolute atomic E-state index is 0.179. The van der Waals surface area contributed by atoms with Gasteiger partial charge in [-0.15, -0.1) is 10.2 Å². The first-order valence-electron chi connectivity index (χ1n) is 8.38. The molecule has 1 amide bonds. The van der Waals surface area contributed by atoms with Crippen molar-refractivity contribution < 1.29 is 9.21 Å². The maximum absolute atomic E-state index is 12.8. The first-order valence-corrected chi connectivity index (χ1v) is 9.26. The number of rotatable bonds is 5. The summed E-state index contributed by atoms with van der Waals surface area (Å²) in [5.41, 5.74) is 0. The predicted octanol–water partition coefficient (Wildman–Crippen LogP) is 2.90. The number of thioether (sulfide) groups is 1. The molecule has 0 bridgehead atoms. The van der Waals surface area contributed by atoms with Crippen molar-refractivity contribution in [3.63, 3.8) is 0 Å². The molecule has 0 aromatic carbocycles. The van der Waals surface area contributed by atoms with Gasteiger partial charge in [0.1, 0.15) is 12.1 Å². The van der Waals surface area contributed by atoms with Gasteiger partial charge >= 0.3 is 0 Å². The number of likely N-dealkylation sites (tertiary alicyclic amines) is 1. The Kier molecular flexibility index (Phi) is 5.28. The molecule has 0 saturated carbocycles. The van der Waals surface area contributed by atoms with Gasteiger partial charge in [0.25, 0.3) is 0 Å². The standard InChI is InChI=1S/C17H24N4O2S/c1-12-7-13(2)9-20(8-12)16(22)14(3)24-17-19-18-11-21(17)10-15-5-4-6-23-15/h4-6,11-14H,7-10H2,1-3H3/t12-,13+,14-/m1/s1. The van der Waals surface area contributed by atoms with Crippen LogP contribution in [0.4, 0.5) is 0 Å². The summed E-state index contributed by atoms with van der Waals surface area (Å²) >= 11 is 1.46. The second-order valence-corrected chi connectivity index (χ2v) is 8.08. The fourth-order valence-electron chi connectivity index (χ4n) is 3.32. The van der Waals surface area contributed by atoms with Crippen LogP contribution in [0.5, 0.6) is 0 Å². The van der Waals surface area contributed by atoms with Crippen LogP contribution in [0.2, 0.25) is 0 Å². The maximum Gasteiger partial charge on any atom is 0.235 e. The minimum Gasteiger partial charge on any atom is -0.467 e. The van der Waals surface area contributed by atoms with Gasteiger partial charge in [-0.05, 0) is 37.3 Å². The molecule has 1 aliphatic heterocycles. The van der Waals surface area contributed by atoms with Crippen molar-refractivity contribution >= 4 is 17.7 Å². The molecule has 130 valence electrons. The highest BCUT2D eigenvalue weighted by Gasteiger charge is 2.29. The SMILES string of the molecule is C[C@@H]1C[C@H](C)CN(C(=O)[C@@H](C)Sc2nncn2Cc2ccco2)C1. The van der Waals surface area contributed by atoms with Gasteiger partial charge in [-0.25, -0.2) is 0 Å². The molecule has 1 aliphatic rings.